The normalized spacial score (nSPS) is 11.8. The van der Waals surface area contributed by atoms with E-state index in [0.717, 1.165) is 49.7 Å². The zero-order valence-electron chi connectivity index (χ0n) is 30.1. The number of nitrogens with zero attached hydrogens (tertiary/aromatic N) is 2. The van der Waals surface area contributed by atoms with Gasteiger partial charge in [-0.05, 0) is 59.6 Å². The van der Waals surface area contributed by atoms with Crippen LogP contribution in [0.5, 0.6) is 0 Å². The van der Waals surface area contributed by atoms with Crippen LogP contribution in [0.2, 0.25) is 10.0 Å². The van der Waals surface area contributed by atoms with E-state index in [-0.39, 0.29) is 21.7 Å². The monoisotopic (exact) mass is 794 g/mol. The Morgan fingerprint density at radius 2 is 0.943 bits per heavy atom. The van der Waals surface area contributed by atoms with Gasteiger partial charge >= 0.3 is 21.7 Å². The van der Waals surface area contributed by atoms with E-state index in [1.165, 1.54) is 24.3 Å². The maximum atomic E-state index is 13.9. The van der Waals surface area contributed by atoms with Gasteiger partial charge in [-0.25, -0.2) is 41.9 Å². The molecule has 9 heteroatoms. The van der Waals surface area contributed by atoms with E-state index in [1.54, 1.807) is 0 Å². The molecule has 0 amide bonds. The van der Waals surface area contributed by atoms with Crippen LogP contribution in [0.1, 0.15) is 63.5 Å². The van der Waals surface area contributed by atoms with Crippen molar-refractivity contribution in [3.05, 3.63) is 178 Å². The van der Waals surface area contributed by atoms with Crippen LogP contribution >= 0.6 is 23.2 Å². The molecule has 0 radical (unpaired) electrons. The summed E-state index contributed by atoms with van der Waals surface area (Å²) >= 11 is 11.7. The summed E-state index contributed by atoms with van der Waals surface area (Å²) in [5, 5.41) is 1.33. The molecule has 4 aromatic rings. The van der Waals surface area contributed by atoms with Crippen LogP contribution in [-0.4, -0.2) is 13.1 Å². The SMILES string of the molecule is CCCCN(Cc1ccc(Cl)cc1)c1ccc(F)[c-]c1F.CCCCN(Cc1ccc(Cl)cc1)c1ccc(F)[c-]c1F.[C-]1=CC=CC1.[C-]1=CC=CC1.[Ti+4]. The topological polar surface area (TPSA) is 6.48 Å². The minimum Gasteiger partial charge on any atom is -0.417 e. The van der Waals surface area contributed by atoms with Crippen molar-refractivity contribution < 1.29 is 39.3 Å². The molecular weight excluding hydrogens is 751 g/mol. The fourth-order valence-corrected chi connectivity index (χ4v) is 5.18. The first-order valence-corrected chi connectivity index (χ1v) is 18.1. The molecule has 276 valence electrons. The third-order valence-corrected chi connectivity index (χ3v) is 8.18. The molecule has 0 atom stereocenters. The van der Waals surface area contributed by atoms with Crippen LogP contribution in [0, 0.1) is 47.6 Å². The van der Waals surface area contributed by atoms with Crippen molar-refractivity contribution in [2.45, 2.75) is 65.5 Å². The predicted octanol–water partition coefficient (Wildman–Crippen LogP) is 13.1. The van der Waals surface area contributed by atoms with Crippen LogP contribution < -0.4 is 9.80 Å². The Morgan fingerprint density at radius 1 is 0.566 bits per heavy atom. The number of rotatable bonds is 12. The molecule has 4 aromatic carbocycles. The summed E-state index contributed by atoms with van der Waals surface area (Å²) in [7, 11) is 0. The van der Waals surface area contributed by atoms with Crippen LogP contribution in [0.3, 0.4) is 0 Å². The van der Waals surface area contributed by atoms with Gasteiger partial charge in [0, 0.05) is 59.5 Å². The van der Waals surface area contributed by atoms with Crippen molar-refractivity contribution in [2.24, 2.45) is 0 Å². The first-order chi connectivity index (χ1) is 25.2. The first-order valence-electron chi connectivity index (χ1n) is 17.4. The Hall–Kier alpha value is -3.55. The standard InChI is InChI=1S/2C17H17ClF2N.2C5H5.Ti/c2*1-2-3-10-21(12-13-4-6-14(18)7-5-13)17-9-8-15(19)11-16(17)20;2*1-2-4-5-3-1;/h2*4-9H,2-3,10,12H2,1H3;2*1-3H,4H2;/q4*-1;+4. The van der Waals surface area contributed by atoms with E-state index in [9.17, 15) is 17.6 Å². The van der Waals surface area contributed by atoms with Gasteiger partial charge < -0.3 is 9.80 Å². The average Bonchev–Trinajstić information content (AvgIpc) is 3.92. The van der Waals surface area contributed by atoms with Gasteiger partial charge in [0.15, 0.2) is 0 Å². The molecule has 0 fully saturated rings. The number of anilines is 2. The molecule has 0 unspecified atom stereocenters. The van der Waals surface area contributed by atoms with Crippen molar-refractivity contribution in [2.75, 3.05) is 22.9 Å². The largest absolute Gasteiger partial charge is 4.00 e. The summed E-state index contributed by atoms with van der Waals surface area (Å²) in [6.45, 7) is 6.66. The third-order valence-electron chi connectivity index (χ3n) is 7.67. The molecule has 0 heterocycles. The van der Waals surface area contributed by atoms with E-state index >= 15 is 0 Å². The summed E-state index contributed by atoms with van der Waals surface area (Å²) in [6, 6.07) is 24.5. The quantitative estimate of drug-likeness (QED) is 0.0801. The minimum atomic E-state index is -0.682. The minimum absolute atomic E-state index is 0. The fraction of sp³-hybridized carbons (Fsp3) is 0.273. The van der Waals surface area contributed by atoms with Gasteiger partial charge in [0.05, 0.1) is 0 Å². The molecule has 0 spiro atoms. The summed E-state index contributed by atoms with van der Waals surface area (Å²) < 4.78 is 53.9. The summed E-state index contributed by atoms with van der Waals surface area (Å²) in [4.78, 5) is 3.80. The van der Waals surface area contributed by atoms with Crippen molar-refractivity contribution in [1.29, 1.82) is 0 Å². The summed E-state index contributed by atoms with van der Waals surface area (Å²) in [5.41, 5.74) is 2.80. The molecule has 0 aromatic heterocycles. The van der Waals surface area contributed by atoms with Gasteiger partial charge in [0.1, 0.15) is 0 Å². The molecular formula is C44H44Cl2F4N2Ti. The zero-order chi connectivity index (χ0) is 37.6. The second-order valence-electron chi connectivity index (χ2n) is 11.8. The van der Waals surface area contributed by atoms with Crippen molar-refractivity contribution >= 4 is 34.6 Å². The van der Waals surface area contributed by atoms with Gasteiger partial charge in [-0.15, -0.1) is 49.2 Å². The number of unbranched alkanes of at least 4 members (excludes halogenated alkanes) is 2. The van der Waals surface area contributed by atoms with E-state index < -0.39 is 23.3 Å². The number of hydrogen-bond donors (Lipinski definition) is 0. The van der Waals surface area contributed by atoms with Crippen molar-refractivity contribution in [1.82, 2.24) is 0 Å². The molecule has 2 nitrogen and oxygen atoms in total. The second kappa shape index (κ2) is 26.3. The van der Waals surface area contributed by atoms with Crippen LogP contribution in [0.25, 0.3) is 0 Å². The number of allylic oxidation sites excluding steroid dienone is 8. The summed E-state index contributed by atoms with van der Waals surface area (Å²) in [5.74, 6) is -2.67. The number of benzene rings is 4. The zero-order valence-corrected chi connectivity index (χ0v) is 33.2. The Labute approximate surface area is 338 Å². The molecule has 0 saturated heterocycles. The Morgan fingerprint density at radius 3 is 1.21 bits per heavy atom. The van der Waals surface area contributed by atoms with Gasteiger partial charge in [0.2, 0.25) is 0 Å². The molecule has 2 aliphatic rings. The van der Waals surface area contributed by atoms with E-state index in [0.29, 0.717) is 47.6 Å². The maximum absolute atomic E-state index is 13.9. The van der Waals surface area contributed by atoms with Crippen LogP contribution in [-0.2, 0) is 34.8 Å². The first kappa shape index (κ1) is 45.6. The molecule has 53 heavy (non-hydrogen) atoms. The predicted molar refractivity (Wildman–Crippen MR) is 208 cm³/mol. The maximum Gasteiger partial charge on any atom is 4.00 e. The number of hydrogen-bond acceptors (Lipinski definition) is 2. The van der Waals surface area contributed by atoms with Crippen LogP contribution in [0.4, 0.5) is 28.9 Å². The molecule has 0 bridgehead atoms. The van der Waals surface area contributed by atoms with Crippen molar-refractivity contribution in [3.8, 4) is 0 Å². The molecule has 0 saturated carbocycles. The Bertz CT molecular complexity index is 1590. The van der Waals surface area contributed by atoms with Gasteiger partial charge in [0.25, 0.3) is 0 Å². The molecule has 0 aliphatic heterocycles. The van der Waals surface area contributed by atoms with Gasteiger partial charge in [-0.2, -0.15) is 12.2 Å². The average molecular weight is 796 g/mol. The van der Waals surface area contributed by atoms with E-state index in [4.69, 9.17) is 23.2 Å². The molecule has 6 rings (SSSR count). The molecule has 2 aliphatic carbocycles. The van der Waals surface area contributed by atoms with E-state index in [2.05, 4.69) is 50.3 Å². The van der Waals surface area contributed by atoms with E-state index in [1.807, 2.05) is 82.6 Å². The Balaban J connectivity index is 0.000000285. The van der Waals surface area contributed by atoms with Gasteiger partial charge in [-0.1, -0.05) is 74.2 Å². The fourth-order valence-electron chi connectivity index (χ4n) is 4.93. The molecule has 0 N–H and O–H groups in total. The summed E-state index contributed by atoms with van der Waals surface area (Å²) in [6.07, 6.45) is 23.9. The third kappa shape index (κ3) is 17.9. The van der Waals surface area contributed by atoms with Gasteiger partial charge in [-0.3, -0.25) is 12.2 Å². The number of halogens is 6. The second-order valence-corrected chi connectivity index (χ2v) is 12.7. The van der Waals surface area contributed by atoms with Crippen molar-refractivity contribution in [3.63, 3.8) is 0 Å². The van der Waals surface area contributed by atoms with Crippen LogP contribution in [0.15, 0.2) is 109 Å². The smallest absolute Gasteiger partial charge is 0.417 e. The Kier molecular flexibility index (Phi) is 22.6.